The molecule has 0 radical (unpaired) electrons. The molecule has 2 atom stereocenters. The molecule has 0 saturated carbocycles. The molecule has 9 heteroatoms. The molecule has 0 fully saturated rings. The van der Waals surface area contributed by atoms with Gasteiger partial charge in [-0.15, -0.1) is 11.3 Å². The van der Waals surface area contributed by atoms with E-state index in [1.54, 1.807) is 33.2 Å². The Morgan fingerprint density at radius 2 is 1.97 bits per heavy atom. The highest BCUT2D eigenvalue weighted by molar-refractivity contribution is 7.18. The van der Waals surface area contributed by atoms with Gasteiger partial charge in [0.15, 0.2) is 0 Å². The Morgan fingerprint density at radius 1 is 1.21 bits per heavy atom. The van der Waals surface area contributed by atoms with Crippen LogP contribution < -0.4 is 16.0 Å². The summed E-state index contributed by atoms with van der Waals surface area (Å²) in [6.45, 7) is 4.61. The van der Waals surface area contributed by atoms with Crippen molar-refractivity contribution in [3.63, 3.8) is 0 Å². The number of nitrogens with zero attached hydrogens (tertiary/aromatic N) is 1. The van der Waals surface area contributed by atoms with Crippen LogP contribution in [0.15, 0.2) is 30.3 Å². The Balaban J connectivity index is 1.79. The second-order valence-electron chi connectivity index (χ2n) is 8.94. The van der Waals surface area contributed by atoms with E-state index >= 15 is 0 Å². The Bertz CT molecular complexity index is 1040. The number of aryl methyl sites for hydroxylation is 1. The van der Waals surface area contributed by atoms with Crippen molar-refractivity contribution in [2.75, 3.05) is 19.4 Å². The lowest BCUT2D eigenvalue weighted by Crippen LogP contribution is -2.55. The van der Waals surface area contributed by atoms with Gasteiger partial charge in [0.1, 0.15) is 5.54 Å². The van der Waals surface area contributed by atoms with Gasteiger partial charge in [-0.05, 0) is 68.5 Å². The number of anilines is 1. The standard InChI is InChI=1S/C24H31ClN4O3S/c1-15-5-6-16-13-18(8-7-17(16)14-26-15)27-23(32)24(2,12-11-21(30)29(3)4)28-22(31)19-9-10-20(25)33-19/h7-10,13,15,26H,5-6,11-12,14H2,1-4H3,(H,27,32)(H,28,31). The molecular formula is C24H31ClN4O3S. The van der Waals surface area contributed by atoms with Crippen molar-refractivity contribution in [2.24, 2.45) is 0 Å². The Kier molecular flexibility index (Phi) is 8.15. The fourth-order valence-corrected chi connectivity index (χ4v) is 4.64. The number of rotatable bonds is 7. The quantitative estimate of drug-likeness (QED) is 0.550. The maximum absolute atomic E-state index is 13.4. The van der Waals surface area contributed by atoms with E-state index in [1.807, 2.05) is 18.2 Å². The fraction of sp³-hybridized carbons (Fsp3) is 0.458. The predicted molar refractivity (Wildman–Crippen MR) is 133 cm³/mol. The monoisotopic (exact) mass is 490 g/mol. The highest BCUT2D eigenvalue weighted by atomic mass is 35.5. The maximum Gasteiger partial charge on any atom is 0.262 e. The molecule has 0 aliphatic carbocycles. The van der Waals surface area contributed by atoms with Crippen LogP contribution in [0.5, 0.6) is 0 Å². The lowest BCUT2D eigenvalue weighted by atomic mass is 9.93. The van der Waals surface area contributed by atoms with Crippen LogP contribution in [0.4, 0.5) is 5.69 Å². The lowest BCUT2D eigenvalue weighted by Gasteiger charge is -2.30. The minimum atomic E-state index is -1.29. The van der Waals surface area contributed by atoms with Crippen molar-refractivity contribution in [1.29, 1.82) is 0 Å². The molecule has 1 aliphatic rings. The van der Waals surface area contributed by atoms with Crippen molar-refractivity contribution in [3.05, 3.63) is 50.7 Å². The maximum atomic E-state index is 13.4. The highest BCUT2D eigenvalue weighted by Gasteiger charge is 2.36. The normalized spacial score (nSPS) is 17.3. The molecule has 33 heavy (non-hydrogen) atoms. The van der Waals surface area contributed by atoms with Crippen LogP contribution in [0.1, 0.15) is 53.9 Å². The van der Waals surface area contributed by atoms with Gasteiger partial charge in [0, 0.05) is 38.8 Å². The molecule has 2 aromatic rings. The molecule has 0 bridgehead atoms. The summed E-state index contributed by atoms with van der Waals surface area (Å²) in [5.74, 6) is -0.886. The number of thiophene rings is 1. The molecule has 0 saturated heterocycles. The molecule has 2 unspecified atom stereocenters. The number of benzene rings is 1. The molecule has 2 heterocycles. The van der Waals surface area contributed by atoms with Gasteiger partial charge in [0.05, 0.1) is 9.21 Å². The number of halogens is 1. The second kappa shape index (κ2) is 10.7. The van der Waals surface area contributed by atoms with Crippen LogP contribution in [-0.2, 0) is 22.6 Å². The first-order valence-electron chi connectivity index (χ1n) is 11.0. The van der Waals surface area contributed by atoms with Crippen molar-refractivity contribution in [1.82, 2.24) is 15.5 Å². The average molecular weight is 491 g/mol. The van der Waals surface area contributed by atoms with E-state index in [-0.39, 0.29) is 24.7 Å². The van der Waals surface area contributed by atoms with Gasteiger partial charge >= 0.3 is 0 Å². The third kappa shape index (κ3) is 6.56. The number of carbonyl (C=O) groups is 3. The van der Waals surface area contributed by atoms with Crippen molar-refractivity contribution in [3.8, 4) is 0 Å². The van der Waals surface area contributed by atoms with E-state index in [1.165, 1.54) is 16.0 Å². The zero-order valence-corrected chi connectivity index (χ0v) is 21.0. The molecule has 3 rings (SSSR count). The molecule has 7 nitrogen and oxygen atoms in total. The number of carbonyl (C=O) groups excluding carboxylic acids is 3. The summed E-state index contributed by atoms with van der Waals surface area (Å²) in [6, 6.07) is 9.59. The topological polar surface area (TPSA) is 90.5 Å². The first-order valence-corrected chi connectivity index (χ1v) is 12.2. The van der Waals surface area contributed by atoms with Crippen molar-refractivity contribution >= 4 is 46.3 Å². The van der Waals surface area contributed by atoms with Crippen LogP contribution in [0.2, 0.25) is 4.34 Å². The Labute approximate surface area is 203 Å². The van der Waals surface area contributed by atoms with Gasteiger partial charge in [0.25, 0.3) is 5.91 Å². The van der Waals surface area contributed by atoms with Crippen molar-refractivity contribution in [2.45, 2.75) is 57.7 Å². The van der Waals surface area contributed by atoms with Gasteiger partial charge in [0.2, 0.25) is 11.8 Å². The van der Waals surface area contributed by atoms with Gasteiger partial charge in [-0.1, -0.05) is 17.7 Å². The van der Waals surface area contributed by atoms with Crippen LogP contribution >= 0.6 is 22.9 Å². The first-order chi connectivity index (χ1) is 15.6. The van der Waals surface area contributed by atoms with Gasteiger partial charge in [-0.25, -0.2) is 0 Å². The molecule has 1 aromatic carbocycles. The van der Waals surface area contributed by atoms with E-state index in [0.717, 1.165) is 30.7 Å². The fourth-order valence-electron chi connectivity index (χ4n) is 3.70. The number of hydrogen-bond acceptors (Lipinski definition) is 5. The molecule has 3 N–H and O–H groups in total. The van der Waals surface area contributed by atoms with E-state index in [4.69, 9.17) is 11.6 Å². The average Bonchev–Trinajstić information content (AvgIpc) is 3.12. The predicted octanol–water partition coefficient (Wildman–Crippen LogP) is 3.82. The van der Waals surface area contributed by atoms with Gasteiger partial charge in [-0.2, -0.15) is 0 Å². The van der Waals surface area contributed by atoms with E-state index in [2.05, 4.69) is 22.9 Å². The van der Waals surface area contributed by atoms with Gasteiger partial charge < -0.3 is 20.9 Å². The van der Waals surface area contributed by atoms with Crippen LogP contribution in [-0.4, -0.2) is 48.3 Å². The largest absolute Gasteiger partial charge is 0.349 e. The molecule has 1 aromatic heterocycles. The summed E-state index contributed by atoms with van der Waals surface area (Å²) in [4.78, 5) is 40.3. The molecule has 178 valence electrons. The SMILES string of the molecule is CC1CCc2cc(NC(=O)C(C)(CCC(=O)N(C)C)NC(=O)c3ccc(Cl)s3)ccc2CN1. The zero-order valence-electron chi connectivity index (χ0n) is 19.5. The zero-order chi connectivity index (χ0) is 24.2. The van der Waals surface area contributed by atoms with Crippen LogP contribution in [0, 0.1) is 0 Å². The minimum Gasteiger partial charge on any atom is -0.349 e. The summed E-state index contributed by atoms with van der Waals surface area (Å²) in [5, 5.41) is 9.27. The number of amides is 3. The van der Waals surface area contributed by atoms with E-state index in [9.17, 15) is 14.4 Å². The summed E-state index contributed by atoms with van der Waals surface area (Å²) < 4.78 is 0.489. The molecular weight excluding hydrogens is 460 g/mol. The molecule has 1 aliphatic heterocycles. The molecule has 0 spiro atoms. The number of nitrogens with one attached hydrogen (secondary N) is 3. The lowest BCUT2D eigenvalue weighted by molar-refractivity contribution is -0.129. The Hall–Kier alpha value is -2.42. The van der Waals surface area contributed by atoms with Crippen LogP contribution in [0.25, 0.3) is 0 Å². The summed E-state index contributed by atoms with van der Waals surface area (Å²) in [5.41, 5.74) is 1.81. The second-order valence-corrected chi connectivity index (χ2v) is 10.7. The van der Waals surface area contributed by atoms with Gasteiger partial charge in [-0.3, -0.25) is 14.4 Å². The van der Waals surface area contributed by atoms with E-state index in [0.29, 0.717) is 20.9 Å². The smallest absolute Gasteiger partial charge is 0.262 e. The third-order valence-corrected chi connectivity index (χ3v) is 7.21. The summed E-state index contributed by atoms with van der Waals surface area (Å²) >= 11 is 7.11. The number of hydrogen-bond donors (Lipinski definition) is 3. The first kappa shape index (κ1) is 25.2. The highest BCUT2D eigenvalue weighted by Crippen LogP contribution is 2.25. The van der Waals surface area contributed by atoms with E-state index < -0.39 is 11.4 Å². The van der Waals surface area contributed by atoms with Crippen LogP contribution in [0.3, 0.4) is 0 Å². The molecule has 3 amide bonds. The number of fused-ring (bicyclic) bond motifs is 1. The summed E-state index contributed by atoms with van der Waals surface area (Å²) in [7, 11) is 3.33. The Morgan fingerprint density at radius 3 is 2.64 bits per heavy atom. The minimum absolute atomic E-state index is 0.117. The summed E-state index contributed by atoms with van der Waals surface area (Å²) in [6.07, 6.45) is 2.23. The third-order valence-electron chi connectivity index (χ3n) is 5.98. The van der Waals surface area contributed by atoms with Crippen molar-refractivity contribution < 1.29 is 14.4 Å².